The fourth-order valence-corrected chi connectivity index (χ4v) is 3.58. The SMILES string of the molecule is COC(=O)[C@@H](CCCCNC(=O)OC(C)(C)C)NC(=O)[C@@H](CC(C)C)NC(=O)[C@H](N)Cc1ccccc1. The molecule has 0 radical (unpaired) electrons. The Labute approximate surface area is 220 Å². The summed E-state index contributed by atoms with van der Waals surface area (Å²) in [7, 11) is 1.25. The minimum atomic E-state index is -0.886. The molecule has 3 amide bonds. The summed E-state index contributed by atoms with van der Waals surface area (Å²) in [6.45, 7) is 9.58. The van der Waals surface area contributed by atoms with E-state index in [0.717, 1.165) is 5.56 Å². The monoisotopic (exact) mass is 520 g/mol. The molecule has 1 aromatic rings. The van der Waals surface area contributed by atoms with Crippen molar-refractivity contribution in [2.45, 2.75) is 90.4 Å². The van der Waals surface area contributed by atoms with E-state index in [1.807, 2.05) is 44.2 Å². The Kier molecular flexibility index (Phi) is 13.7. The van der Waals surface area contributed by atoms with Gasteiger partial charge in [0, 0.05) is 6.54 Å². The van der Waals surface area contributed by atoms with Crippen molar-refractivity contribution in [3.8, 4) is 0 Å². The minimum Gasteiger partial charge on any atom is -0.467 e. The summed E-state index contributed by atoms with van der Waals surface area (Å²) in [5.74, 6) is -1.38. The molecule has 0 bridgehead atoms. The van der Waals surface area contributed by atoms with Crippen molar-refractivity contribution in [1.29, 1.82) is 0 Å². The molecule has 3 atom stereocenters. The first-order chi connectivity index (χ1) is 17.3. The number of alkyl carbamates (subject to hydrolysis) is 1. The number of rotatable bonds is 14. The molecule has 5 N–H and O–H groups in total. The quantitative estimate of drug-likeness (QED) is 0.217. The Morgan fingerprint density at radius 1 is 0.946 bits per heavy atom. The van der Waals surface area contributed by atoms with E-state index in [-0.39, 0.29) is 5.92 Å². The van der Waals surface area contributed by atoms with E-state index in [4.69, 9.17) is 15.2 Å². The standard InChI is InChI=1S/C27H44N4O6/c1-18(2)16-22(31-23(32)20(28)17-19-12-8-7-9-13-19)24(33)30-21(25(34)36-6)14-10-11-15-29-26(35)37-27(3,4)5/h7-9,12-13,18,20-22H,10-11,14-17,28H2,1-6H3,(H,29,35)(H,30,33)(H,31,32)/t20-,21-,22-/m1/s1. The van der Waals surface area contributed by atoms with Gasteiger partial charge in [-0.3, -0.25) is 9.59 Å². The van der Waals surface area contributed by atoms with Gasteiger partial charge in [0.25, 0.3) is 0 Å². The highest BCUT2D eigenvalue weighted by atomic mass is 16.6. The molecule has 1 aromatic carbocycles. The third-order valence-corrected chi connectivity index (χ3v) is 5.37. The second-order valence-corrected chi connectivity index (χ2v) is 10.5. The number of ether oxygens (including phenoxy) is 2. The van der Waals surface area contributed by atoms with E-state index in [2.05, 4.69) is 16.0 Å². The van der Waals surface area contributed by atoms with Gasteiger partial charge < -0.3 is 31.2 Å². The van der Waals surface area contributed by atoms with Gasteiger partial charge in [0.05, 0.1) is 13.2 Å². The average molecular weight is 521 g/mol. The highest BCUT2D eigenvalue weighted by Crippen LogP contribution is 2.10. The molecule has 0 spiro atoms. The number of esters is 1. The zero-order valence-electron chi connectivity index (χ0n) is 23.0. The van der Waals surface area contributed by atoms with Gasteiger partial charge in [-0.2, -0.15) is 0 Å². The predicted octanol–water partition coefficient (Wildman–Crippen LogP) is 2.44. The van der Waals surface area contributed by atoms with Crippen LogP contribution in [0.25, 0.3) is 0 Å². The van der Waals surface area contributed by atoms with Gasteiger partial charge in [0.15, 0.2) is 0 Å². The predicted molar refractivity (Wildman–Crippen MR) is 142 cm³/mol. The lowest BCUT2D eigenvalue weighted by atomic mass is 10.0. The van der Waals surface area contributed by atoms with Crippen LogP contribution in [0.1, 0.15) is 65.9 Å². The number of unbranched alkanes of at least 4 members (excludes halogenated alkanes) is 1. The number of hydrogen-bond donors (Lipinski definition) is 4. The smallest absolute Gasteiger partial charge is 0.407 e. The highest BCUT2D eigenvalue weighted by molar-refractivity contribution is 5.92. The van der Waals surface area contributed by atoms with E-state index in [1.54, 1.807) is 20.8 Å². The van der Waals surface area contributed by atoms with Gasteiger partial charge in [0.2, 0.25) is 11.8 Å². The van der Waals surface area contributed by atoms with Crippen LogP contribution in [0.3, 0.4) is 0 Å². The first-order valence-electron chi connectivity index (χ1n) is 12.8. The zero-order chi connectivity index (χ0) is 28.0. The number of amides is 3. The molecule has 0 saturated heterocycles. The van der Waals surface area contributed by atoms with E-state index in [9.17, 15) is 19.2 Å². The Balaban J connectivity index is 2.68. The second-order valence-electron chi connectivity index (χ2n) is 10.5. The Bertz CT molecular complexity index is 869. The lowest BCUT2D eigenvalue weighted by molar-refractivity contribution is -0.145. The molecule has 0 aromatic heterocycles. The summed E-state index contributed by atoms with van der Waals surface area (Å²) in [5, 5.41) is 8.13. The van der Waals surface area contributed by atoms with Crippen molar-refractivity contribution in [3.63, 3.8) is 0 Å². The number of nitrogens with one attached hydrogen (secondary N) is 3. The molecule has 0 aliphatic carbocycles. The number of carbonyl (C=O) groups excluding carboxylic acids is 4. The molecule has 10 heteroatoms. The Morgan fingerprint density at radius 2 is 1.57 bits per heavy atom. The third-order valence-electron chi connectivity index (χ3n) is 5.37. The van der Waals surface area contributed by atoms with Gasteiger partial charge in [-0.25, -0.2) is 9.59 Å². The van der Waals surface area contributed by atoms with E-state index >= 15 is 0 Å². The summed E-state index contributed by atoms with van der Waals surface area (Å²) in [4.78, 5) is 49.9. The van der Waals surface area contributed by atoms with Crippen molar-refractivity contribution < 1.29 is 28.7 Å². The largest absolute Gasteiger partial charge is 0.467 e. The number of carbonyl (C=O) groups is 4. The number of nitrogens with two attached hydrogens (primary N) is 1. The maximum atomic E-state index is 13.1. The van der Waals surface area contributed by atoms with Crippen LogP contribution in [0.4, 0.5) is 4.79 Å². The first-order valence-corrected chi connectivity index (χ1v) is 12.8. The molecule has 0 aliphatic heterocycles. The highest BCUT2D eigenvalue weighted by Gasteiger charge is 2.29. The third kappa shape index (κ3) is 13.7. The molecule has 0 heterocycles. The number of hydrogen-bond acceptors (Lipinski definition) is 7. The summed E-state index contributed by atoms with van der Waals surface area (Å²) in [5.41, 5.74) is 6.42. The molecule has 0 saturated carbocycles. The van der Waals surface area contributed by atoms with Crippen LogP contribution in [-0.4, -0.2) is 61.3 Å². The van der Waals surface area contributed by atoms with E-state index in [1.165, 1.54) is 7.11 Å². The van der Waals surface area contributed by atoms with Crippen LogP contribution in [0.2, 0.25) is 0 Å². The van der Waals surface area contributed by atoms with Gasteiger partial charge in [-0.15, -0.1) is 0 Å². The first kappa shape index (κ1) is 31.9. The average Bonchev–Trinajstić information content (AvgIpc) is 2.81. The molecule has 1 rings (SSSR count). The maximum absolute atomic E-state index is 13.1. The van der Waals surface area contributed by atoms with Crippen LogP contribution in [0, 0.1) is 5.92 Å². The summed E-state index contributed by atoms with van der Waals surface area (Å²) in [6.07, 6.45) is 1.63. The van der Waals surface area contributed by atoms with E-state index in [0.29, 0.717) is 38.6 Å². The number of methoxy groups -OCH3 is 1. The lowest BCUT2D eigenvalue weighted by Gasteiger charge is -2.24. The molecule has 208 valence electrons. The Morgan fingerprint density at radius 3 is 2.14 bits per heavy atom. The van der Waals surface area contributed by atoms with Crippen molar-refractivity contribution in [2.75, 3.05) is 13.7 Å². The summed E-state index contributed by atoms with van der Waals surface area (Å²) in [6, 6.07) is 6.83. The summed E-state index contributed by atoms with van der Waals surface area (Å²) >= 11 is 0. The molecule has 0 unspecified atom stereocenters. The van der Waals surface area contributed by atoms with Crippen molar-refractivity contribution >= 4 is 23.9 Å². The van der Waals surface area contributed by atoms with Crippen molar-refractivity contribution in [2.24, 2.45) is 11.7 Å². The fourth-order valence-electron chi connectivity index (χ4n) is 3.58. The van der Waals surface area contributed by atoms with Crippen LogP contribution >= 0.6 is 0 Å². The topological polar surface area (TPSA) is 149 Å². The van der Waals surface area contributed by atoms with Gasteiger partial charge in [-0.05, 0) is 64.4 Å². The Hall–Kier alpha value is -3.14. The maximum Gasteiger partial charge on any atom is 0.407 e. The second kappa shape index (κ2) is 15.9. The molecular formula is C27H44N4O6. The van der Waals surface area contributed by atoms with Gasteiger partial charge in [0.1, 0.15) is 17.7 Å². The van der Waals surface area contributed by atoms with E-state index < -0.39 is 47.6 Å². The molecule has 37 heavy (non-hydrogen) atoms. The van der Waals surface area contributed by atoms with Crippen LogP contribution in [0.5, 0.6) is 0 Å². The molecule has 0 aliphatic rings. The van der Waals surface area contributed by atoms with Crippen LogP contribution in [-0.2, 0) is 30.3 Å². The number of benzene rings is 1. The van der Waals surface area contributed by atoms with Gasteiger partial charge >= 0.3 is 12.1 Å². The van der Waals surface area contributed by atoms with Crippen molar-refractivity contribution in [3.05, 3.63) is 35.9 Å². The van der Waals surface area contributed by atoms with Crippen LogP contribution < -0.4 is 21.7 Å². The summed E-state index contributed by atoms with van der Waals surface area (Å²) < 4.78 is 10.0. The van der Waals surface area contributed by atoms with Crippen molar-refractivity contribution in [1.82, 2.24) is 16.0 Å². The fraction of sp³-hybridized carbons (Fsp3) is 0.630. The van der Waals surface area contributed by atoms with Gasteiger partial charge in [-0.1, -0.05) is 44.2 Å². The van der Waals surface area contributed by atoms with Crippen LogP contribution in [0.15, 0.2) is 30.3 Å². The minimum absolute atomic E-state index is 0.108. The molecular weight excluding hydrogens is 476 g/mol. The normalized spacial score (nSPS) is 13.7. The molecule has 10 nitrogen and oxygen atoms in total. The lowest BCUT2D eigenvalue weighted by Crippen LogP contribution is -2.55. The zero-order valence-corrected chi connectivity index (χ0v) is 23.0. The molecule has 0 fully saturated rings.